The van der Waals surface area contributed by atoms with Gasteiger partial charge in [-0.2, -0.15) is 0 Å². The van der Waals surface area contributed by atoms with Gasteiger partial charge in [0.1, 0.15) is 12.4 Å². The van der Waals surface area contributed by atoms with Crippen LogP contribution in [0, 0.1) is 0 Å². The first-order chi connectivity index (χ1) is 9.76. The van der Waals surface area contributed by atoms with Gasteiger partial charge in [0.05, 0.1) is 19.7 Å². The Balaban J connectivity index is 2.27. The number of methoxy groups -OCH3 is 1. The summed E-state index contributed by atoms with van der Waals surface area (Å²) in [4.78, 5) is 4.37. The first-order valence-corrected chi connectivity index (χ1v) is 7.45. The molecule has 2 N–H and O–H groups in total. The van der Waals surface area contributed by atoms with Crippen molar-refractivity contribution < 1.29 is 9.47 Å². The van der Waals surface area contributed by atoms with Crippen LogP contribution in [0.25, 0.3) is 0 Å². The Morgan fingerprint density at radius 1 is 1.30 bits per heavy atom. The molecule has 1 aromatic rings. The van der Waals surface area contributed by atoms with Crippen molar-refractivity contribution in [2.24, 2.45) is 4.99 Å². The second kappa shape index (κ2) is 10.5. The molecule has 5 nitrogen and oxygen atoms in total. The zero-order valence-electron chi connectivity index (χ0n) is 12.0. The lowest BCUT2D eigenvalue weighted by molar-refractivity contribution is 0.208. The molecule has 112 valence electrons. The number of ether oxygens (including phenoxy) is 2. The number of guanidine groups is 1. The van der Waals surface area contributed by atoms with Gasteiger partial charge in [-0.25, -0.2) is 0 Å². The van der Waals surface area contributed by atoms with Crippen LogP contribution < -0.4 is 15.4 Å². The van der Waals surface area contributed by atoms with Crippen LogP contribution in [-0.4, -0.2) is 45.9 Å². The van der Waals surface area contributed by atoms with E-state index in [1.165, 1.54) is 0 Å². The lowest BCUT2D eigenvalue weighted by Gasteiger charge is -2.12. The van der Waals surface area contributed by atoms with E-state index in [9.17, 15) is 0 Å². The van der Waals surface area contributed by atoms with Gasteiger partial charge in [0.2, 0.25) is 0 Å². The predicted molar refractivity (Wildman–Crippen MR) is 85.5 cm³/mol. The third kappa shape index (κ3) is 7.35. The van der Waals surface area contributed by atoms with Crippen LogP contribution in [0.5, 0.6) is 5.75 Å². The van der Waals surface area contributed by atoms with Crippen molar-refractivity contribution in [1.29, 1.82) is 0 Å². The SMILES string of the molecule is CCNC(=NCCOC)NCCOc1cccc(Br)c1. The van der Waals surface area contributed by atoms with Crippen LogP contribution in [0.3, 0.4) is 0 Å². The molecule has 6 heteroatoms. The minimum Gasteiger partial charge on any atom is -0.492 e. The number of rotatable bonds is 8. The first-order valence-electron chi connectivity index (χ1n) is 6.65. The van der Waals surface area contributed by atoms with Crippen molar-refractivity contribution in [3.63, 3.8) is 0 Å². The smallest absolute Gasteiger partial charge is 0.191 e. The maximum Gasteiger partial charge on any atom is 0.191 e. The summed E-state index contributed by atoms with van der Waals surface area (Å²) in [5, 5.41) is 6.38. The lowest BCUT2D eigenvalue weighted by Crippen LogP contribution is -2.39. The Morgan fingerprint density at radius 3 is 2.85 bits per heavy atom. The Morgan fingerprint density at radius 2 is 2.15 bits per heavy atom. The first kappa shape index (κ1) is 16.8. The highest BCUT2D eigenvalue weighted by atomic mass is 79.9. The van der Waals surface area contributed by atoms with E-state index in [0.717, 1.165) is 22.7 Å². The van der Waals surface area contributed by atoms with Gasteiger partial charge in [0.25, 0.3) is 0 Å². The van der Waals surface area contributed by atoms with E-state index in [-0.39, 0.29) is 0 Å². The van der Waals surface area contributed by atoms with Gasteiger partial charge in [0, 0.05) is 18.1 Å². The van der Waals surface area contributed by atoms with Gasteiger partial charge < -0.3 is 20.1 Å². The highest BCUT2D eigenvalue weighted by Gasteiger charge is 1.98. The number of nitrogens with zero attached hydrogens (tertiary/aromatic N) is 1. The van der Waals surface area contributed by atoms with Crippen molar-refractivity contribution in [3.05, 3.63) is 28.7 Å². The third-order valence-electron chi connectivity index (χ3n) is 2.37. The maximum absolute atomic E-state index is 5.64. The summed E-state index contributed by atoms with van der Waals surface area (Å²) >= 11 is 3.41. The highest BCUT2D eigenvalue weighted by molar-refractivity contribution is 9.10. The number of nitrogens with one attached hydrogen (secondary N) is 2. The minimum absolute atomic E-state index is 0.575. The maximum atomic E-state index is 5.64. The molecular weight excluding hydrogens is 322 g/mol. The summed E-state index contributed by atoms with van der Waals surface area (Å²) in [7, 11) is 1.67. The summed E-state index contributed by atoms with van der Waals surface area (Å²) in [6, 6.07) is 7.79. The zero-order chi connectivity index (χ0) is 14.6. The van der Waals surface area contributed by atoms with E-state index in [0.29, 0.717) is 26.3 Å². The van der Waals surface area contributed by atoms with Crippen LogP contribution in [0.2, 0.25) is 0 Å². The van der Waals surface area contributed by atoms with E-state index in [4.69, 9.17) is 9.47 Å². The second-order valence-electron chi connectivity index (χ2n) is 3.99. The molecule has 0 heterocycles. The molecule has 0 radical (unpaired) electrons. The fourth-order valence-corrected chi connectivity index (χ4v) is 1.86. The van der Waals surface area contributed by atoms with E-state index in [2.05, 4.69) is 31.6 Å². The van der Waals surface area contributed by atoms with Crippen molar-refractivity contribution >= 4 is 21.9 Å². The summed E-state index contributed by atoms with van der Waals surface area (Å²) < 4.78 is 11.6. The summed E-state index contributed by atoms with van der Waals surface area (Å²) in [6.45, 7) is 5.37. The molecule has 0 fully saturated rings. The molecule has 20 heavy (non-hydrogen) atoms. The molecule has 0 saturated carbocycles. The normalized spacial score (nSPS) is 11.2. The largest absolute Gasteiger partial charge is 0.492 e. The molecule has 0 spiro atoms. The Hall–Kier alpha value is -1.27. The van der Waals surface area contributed by atoms with Crippen LogP contribution in [-0.2, 0) is 4.74 Å². The number of aliphatic imine (C=N–C) groups is 1. The Bertz CT molecular complexity index is 413. The van der Waals surface area contributed by atoms with Crippen molar-refractivity contribution in [3.8, 4) is 5.75 Å². The fourth-order valence-electron chi connectivity index (χ4n) is 1.49. The van der Waals surface area contributed by atoms with Crippen LogP contribution in [0.15, 0.2) is 33.7 Å². The molecule has 0 atom stereocenters. The van der Waals surface area contributed by atoms with Gasteiger partial charge in [0.15, 0.2) is 5.96 Å². The number of halogens is 1. The molecule has 0 unspecified atom stereocenters. The van der Waals surface area contributed by atoms with Crippen LogP contribution >= 0.6 is 15.9 Å². The van der Waals surface area contributed by atoms with E-state index in [1.807, 2.05) is 31.2 Å². The molecule has 0 aliphatic carbocycles. The molecule has 0 amide bonds. The van der Waals surface area contributed by atoms with E-state index < -0.39 is 0 Å². The van der Waals surface area contributed by atoms with Gasteiger partial charge in [-0.05, 0) is 25.1 Å². The van der Waals surface area contributed by atoms with Gasteiger partial charge in [-0.1, -0.05) is 22.0 Å². The van der Waals surface area contributed by atoms with E-state index in [1.54, 1.807) is 7.11 Å². The van der Waals surface area contributed by atoms with Gasteiger partial charge in [-0.3, -0.25) is 4.99 Å². The molecule has 0 bridgehead atoms. The van der Waals surface area contributed by atoms with Gasteiger partial charge in [-0.15, -0.1) is 0 Å². The summed E-state index contributed by atoms with van der Waals surface area (Å²) in [5.41, 5.74) is 0. The fraction of sp³-hybridized carbons (Fsp3) is 0.500. The third-order valence-corrected chi connectivity index (χ3v) is 2.86. The topological polar surface area (TPSA) is 54.9 Å². The Labute approximate surface area is 128 Å². The number of hydrogen-bond acceptors (Lipinski definition) is 3. The summed E-state index contributed by atoms with van der Waals surface area (Å²) in [5.74, 6) is 1.63. The average Bonchev–Trinajstić information content (AvgIpc) is 2.44. The molecule has 1 aromatic carbocycles. The molecule has 0 aliphatic heterocycles. The van der Waals surface area contributed by atoms with Crippen molar-refractivity contribution in [2.45, 2.75) is 6.92 Å². The standard InChI is InChI=1S/C14H22BrN3O2/c1-3-16-14(17-7-9-19-2)18-8-10-20-13-6-4-5-12(15)11-13/h4-6,11H,3,7-10H2,1-2H3,(H2,16,17,18). The van der Waals surface area contributed by atoms with Gasteiger partial charge >= 0.3 is 0 Å². The van der Waals surface area contributed by atoms with Crippen LogP contribution in [0.4, 0.5) is 0 Å². The number of benzene rings is 1. The molecule has 0 aliphatic rings. The molecule has 0 saturated heterocycles. The highest BCUT2D eigenvalue weighted by Crippen LogP contribution is 2.17. The quantitative estimate of drug-likeness (QED) is 0.430. The van der Waals surface area contributed by atoms with E-state index >= 15 is 0 Å². The molecule has 0 aromatic heterocycles. The van der Waals surface area contributed by atoms with Crippen molar-refractivity contribution in [1.82, 2.24) is 10.6 Å². The zero-order valence-corrected chi connectivity index (χ0v) is 13.6. The monoisotopic (exact) mass is 343 g/mol. The average molecular weight is 344 g/mol. The Kier molecular flexibility index (Phi) is 8.82. The van der Waals surface area contributed by atoms with Crippen molar-refractivity contribution in [2.75, 3.05) is 40.0 Å². The summed E-state index contributed by atoms with van der Waals surface area (Å²) in [6.07, 6.45) is 0. The molecular formula is C14H22BrN3O2. The number of hydrogen-bond donors (Lipinski definition) is 2. The second-order valence-corrected chi connectivity index (χ2v) is 4.90. The molecule has 1 rings (SSSR count). The predicted octanol–water partition coefficient (Wildman–Crippen LogP) is 2.03. The lowest BCUT2D eigenvalue weighted by atomic mass is 10.3. The minimum atomic E-state index is 0.575. The van der Waals surface area contributed by atoms with Crippen LogP contribution in [0.1, 0.15) is 6.92 Å².